The highest BCUT2D eigenvalue weighted by atomic mass is 16.4. The maximum Gasteiger partial charge on any atom is 0.303 e. The molecule has 0 radical (unpaired) electrons. The first-order valence-corrected chi connectivity index (χ1v) is 16.6. The Morgan fingerprint density at radius 3 is 2.48 bits per heavy atom. The zero-order valence-electron chi connectivity index (χ0n) is 27.8. The molecule has 242 valence electrons. The number of aromatic nitrogens is 2. The molecule has 1 aliphatic rings. The number of unbranched alkanes of at least 4 members (excludes halogenated alkanes) is 1. The Morgan fingerprint density at radius 1 is 1.02 bits per heavy atom. The van der Waals surface area contributed by atoms with Crippen molar-refractivity contribution >= 4 is 34.2 Å². The lowest BCUT2D eigenvalue weighted by Crippen LogP contribution is -2.24. The number of aliphatic carboxylic acids is 1. The molecule has 0 spiro atoms. The summed E-state index contributed by atoms with van der Waals surface area (Å²) in [6, 6.07) is 16.6. The molecule has 0 unspecified atom stereocenters. The van der Waals surface area contributed by atoms with E-state index in [9.17, 15) is 14.4 Å². The molecule has 0 atom stereocenters. The van der Waals surface area contributed by atoms with Gasteiger partial charge in [0.2, 0.25) is 5.91 Å². The smallest absolute Gasteiger partial charge is 0.303 e. The number of carbonyl (C=O) groups is 2. The Hall–Kier alpha value is -4.46. The van der Waals surface area contributed by atoms with E-state index >= 15 is 0 Å². The number of fused-ring (bicyclic) bond motifs is 4. The lowest BCUT2D eigenvalue weighted by atomic mass is 9.97. The zero-order valence-corrected chi connectivity index (χ0v) is 27.8. The van der Waals surface area contributed by atoms with Gasteiger partial charge in [-0.3, -0.25) is 14.4 Å². The Kier molecular flexibility index (Phi) is 10.2. The summed E-state index contributed by atoms with van der Waals surface area (Å²) in [5.74, 6) is -0.311. The van der Waals surface area contributed by atoms with E-state index in [0.717, 1.165) is 83.4 Å². The fourth-order valence-electron chi connectivity index (χ4n) is 6.44. The van der Waals surface area contributed by atoms with E-state index in [0.29, 0.717) is 24.4 Å². The Bertz CT molecular complexity index is 1810. The van der Waals surface area contributed by atoms with Gasteiger partial charge in [-0.1, -0.05) is 32.9 Å². The molecular formula is C38H46N4O4. The van der Waals surface area contributed by atoms with Crippen LogP contribution in [0.5, 0.6) is 0 Å². The number of carbonyl (C=O) groups excluding carboxylic acids is 1. The summed E-state index contributed by atoms with van der Waals surface area (Å²) in [5, 5.41) is 13.3. The lowest BCUT2D eigenvalue weighted by Gasteiger charge is -2.21. The number of carboxylic acids is 1. The minimum Gasteiger partial charge on any atom is -0.481 e. The summed E-state index contributed by atoms with van der Waals surface area (Å²) in [7, 11) is 2.13. The number of nitrogens with one attached hydrogen (secondary N) is 1. The molecule has 8 heteroatoms. The van der Waals surface area contributed by atoms with Crippen LogP contribution in [0, 0.1) is 12.8 Å². The van der Waals surface area contributed by atoms with Gasteiger partial charge in [0.05, 0.1) is 23.4 Å². The van der Waals surface area contributed by atoms with Crippen LogP contribution < -0.4 is 15.8 Å². The van der Waals surface area contributed by atoms with Crippen molar-refractivity contribution in [3.63, 3.8) is 0 Å². The van der Waals surface area contributed by atoms with Gasteiger partial charge >= 0.3 is 5.97 Å². The number of anilines is 2. The normalized spacial score (nSPS) is 12.0. The minimum atomic E-state index is -0.903. The number of aryl methyl sites for hydroxylation is 3. The minimum absolute atomic E-state index is 0.0617. The summed E-state index contributed by atoms with van der Waals surface area (Å²) in [5.41, 5.74) is 9.43. The van der Waals surface area contributed by atoms with Crippen LogP contribution in [-0.2, 0) is 35.4 Å². The second kappa shape index (κ2) is 14.3. The fourth-order valence-corrected chi connectivity index (χ4v) is 6.44. The van der Waals surface area contributed by atoms with Gasteiger partial charge in [0, 0.05) is 54.3 Å². The Labute approximate surface area is 271 Å². The molecule has 0 aliphatic carbocycles. The highest BCUT2D eigenvalue weighted by molar-refractivity contribution is 5.91. The summed E-state index contributed by atoms with van der Waals surface area (Å²) >= 11 is 0. The largest absolute Gasteiger partial charge is 0.481 e. The molecule has 8 nitrogen and oxygen atoms in total. The number of hydrogen-bond donors (Lipinski definition) is 2. The Balaban J connectivity index is 1.23. The van der Waals surface area contributed by atoms with Gasteiger partial charge in [0.15, 0.2) is 0 Å². The second-order valence-electron chi connectivity index (χ2n) is 13.0. The van der Waals surface area contributed by atoms with E-state index in [2.05, 4.69) is 68.4 Å². The van der Waals surface area contributed by atoms with Gasteiger partial charge in [-0.15, -0.1) is 0 Å². The Morgan fingerprint density at radius 2 is 1.78 bits per heavy atom. The van der Waals surface area contributed by atoms with E-state index < -0.39 is 5.97 Å². The summed E-state index contributed by atoms with van der Waals surface area (Å²) in [6.07, 6.45) is 5.54. The SMILES string of the molecule is CCc1c2c(nc3ccc(N(C)CCCCc4ccc(NC(=O)CCC(C)C)cc4)cc13)-c1cc(C)c(CCC(=O)O)c(=O)n1C2. The van der Waals surface area contributed by atoms with Crippen molar-refractivity contribution in [2.75, 3.05) is 23.8 Å². The molecule has 0 saturated heterocycles. The number of amides is 1. The van der Waals surface area contributed by atoms with E-state index in [1.807, 2.05) is 25.1 Å². The maximum absolute atomic E-state index is 13.4. The average molecular weight is 623 g/mol. The summed E-state index contributed by atoms with van der Waals surface area (Å²) < 4.78 is 1.77. The molecule has 2 aromatic heterocycles. The third-order valence-electron chi connectivity index (χ3n) is 9.15. The molecular weight excluding hydrogens is 576 g/mol. The standard InChI is InChI=1S/C38H46N4O4/c1-6-29-31-22-28(41(5)20-8-7-9-26-11-13-27(14-12-26)39-35(43)18-10-24(2)3)15-17-33(31)40-37-32(29)23-42-34(37)21-25(4)30(38(42)46)16-19-36(44)45/h11-15,17,21-22,24H,6-10,16,18-20,23H2,1-5H3,(H,39,43)(H,44,45). The van der Waals surface area contributed by atoms with Crippen molar-refractivity contribution in [1.29, 1.82) is 0 Å². The third-order valence-corrected chi connectivity index (χ3v) is 9.15. The topological polar surface area (TPSA) is 105 Å². The first-order valence-electron chi connectivity index (χ1n) is 16.6. The predicted molar refractivity (Wildman–Crippen MR) is 186 cm³/mol. The van der Waals surface area contributed by atoms with Crippen LogP contribution in [0.4, 0.5) is 11.4 Å². The number of hydrogen-bond acceptors (Lipinski definition) is 5. The van der Waals surface area contributed by atoms with Crippen LogP contribution in [0.3, 0.4) is 0 Å². The number of benzene rings is 2. The highest BCUT2D eigenvalue weighted by Gasteiger charge is 2.27. The monoisotopic (exact) mass is 622 g/mol. The van der Waals surface area contributed by atoms with Crippen molar-refractivity contribution in [2.24, 2.45) is 5.92 Å². The average Bonchev–Trinajstić information content (AvgIpc) is 3.39. The molecule has 1 amide bonds. The van der Waals surface area contributed by atoms with Crippen molar-refractivity contribution in [2.45, 2.75) is 85.6 Å². The molecule has 46 heavy (non-hydrogen) atoms. The summed E-state index contributed by atoms with van der Waals surface area (Å²) in [6.45, 7) is 9.67. The first kappa shape index (κ1) is 32.9. The van der Waals surface area contributed by atoms with Crippen molar-refractivity contribution in [3.05, 3.63) is 86.7 Å². The molecule has 0 saturated carbocycles. The van der Waals surface area contributed by atoms with Gasteiger partial charge in [-0.25, -0.2) is 4.98 Å². The number of pyridine rings is 2. The molecule has 3 heterocycles. The van der Waals surface area contributed by atoms with E-state index in [4.69, 9.17) is 10.1 Å². The van der Waals surface area contributed by atoms with Crippen LogP contribution in [-0.4, -0.2) is 40.1 Å². The fraction of sp³-hybridized carbons (Fsp3) is 0.421. The number of rotatable bonds is 14. The molecule has 0 fully saturated rings. The van der Waals surface area contributed by atoms with Crippen LogP contribution in [0.2, 0.25) is 0 Å². The van der Waals surface area contributed by atoms with E-state index in [1.165, 1.54) is 11.1 Å². The van der Waals surface area contributed by atoms with Gasteiger partial charge in [0.1, 0.15) is 0 Å². The highest BCUT2D eigenvalue weighted by Crippen LogP contribution is 2.37. The van der Waals surface area contributed by atoms with Crippen molar-refractivity contribution < 1.29 is 14.7 Å². The van der Waals surface area contributed by atoms with Gasteiger partial charge in [0.25, 0.3) is 5.56 Å². The molecule has 0 bridgehead atoms. The first-order chi connectivity index (χ1) is 22.0. The number of carboxylic acid groups (broad SMARTS) is 1. The third kappa shape index (κ3) is 7.33. The molecule has 5 rings (SSSR count). The molecule has 2 N–H and O–H groups in total. The van der Waals surface area contributed by atoms with Crippen LogP contribution in [0.25, 0.3) is 22.3 Å². The van der Waals surface area contributed by atoms with Gasteiger partial charge in [-0.05, 0) is 104 Å². The molecule has 1 aliphatic heterocycles. The lowest BCUT2D eigenvalue weighted by molar-refractivity contribution is -0.137. The predicted octanol–water partition coefficient (Wildman–Crippen LogP) is 7.15. The van der Waals surface area contributed by atoms with Crippen LogP contribution in [0.15, 0.2) is 53.3 Å². The van der Waals surface area contributed by atoms with Crippen LogP contribution in [0.1, 0.15) is 80.7 Å². The molecule has 4 aromatic rings. The number of nitrogens with zero attached hydrogens (tertiary/aromatic N) is 3. The quantitative estimate of drug-likeness (QED) is 0.128. The van der Waals surface area contributed by atoms with E-state index in [1.54, 1.807) is 4.57 Å². The van der Waals surface area contributed by atoms with Gasteiger partial charge in [-0.2, -0.15) is 0 Å². The van der Waals surface area contributed by atoms with Gasteiger partial charge < -0.3 is 19.9 Å². The van der Waals surface area contributed by atoms with Crippen molar-refractivity contribution in [3.8, 4) is 11.4 Å². The maximum atomic E-state index is 13.4. The second-order valence-corrected chi connectivity index (χ2v) is 13.0. The zero-order chi connectivity index (χ0) is 33.0. The van der Waals surface area contributed by atoms with Crippen molar-refractivity contribution in [1.82, 2.24) is 9.55 Å². The molecule has 2 aromatic carbocycles. The van der Waals surface area contributed by atoms with E-state index in [-0.39, 0.29) is 24.3 Å². The summed E-state index contributed by atoms with van der Waals surface area (Å²) in [4.78, 5) is 44.1. The van der Waals surface area contributed by atoms with Crippen LogP contribution >= 0.6 is 0 Å².